The number of carboxylic acids is 1. The van der Waals surface area contributed by atoms with Gasteiger partial charge in [-0.05, 0) is 12.1 Å². The maximum absolute atomic E-state index is 12.4. The number of amides is 2. The largest absolute Gasteiger partial charge is 0.476 e. The zero-order chi connectivity index (χ0) is 17.8. The van der Waals surface area contributed by atoms with Gasteiger partial charge in [0.2, 0.25) is 5.91 Å². The predicted octanol–water partition coefficient (Wildman–Crippen LogP) is -0.0391. The number of carbonyl (C=O) groups is 3. The number of nitrogens with zero attached hydrogens (tertiary/aromatic N) is 5. The molecule has 2 aromatic rings. The number of rotatable bonds is 4. The molecule has 2 amide bonds. The van der Waals surface area contributed by atoms with Crippen LogP contribution in [0.25, 0.3) is 0 Å². The number of aromatic nitrogens is 3. The van der Waals surface area contributed by atoms with E-state index in [1.54, 1.807) is 21.9 Å². The second-order valence-corrected chi connectivity index (χ2v) is 5.65. The lowest BCUT2D eigenvalue weighted by molar-refractivity contribution is -0.133. The highest BCUT2D eigenvalue weighted by atomic mass is 16.4. The third kappa shape index (κ3) is 3.82. The van der Waals surface area contributed by atoms with Gasteiger partial charge in [-0.15, -0.1) is 5.10 Å². The maximum Gasteiger partial charge on any atom is 0.358 e. The fourth-order valence-corrected chi connectivity index (χ4v) is 2.63. The standard InChI is InChI=1S/C16H17N5O4/c22-14(11-21-10-13(16(24)25)17-18-21)19-6-8-20(9-7-19)15(23)12-4-2-1-3-5-12/h1-5,10H,6-9,11H2,(H,24,25). The van der Waals surface area contributed by atoms with Crippen molar-refractivity contribution in [3.63, 3.8) is 0 Å². The van der Waals surface area contributed by atoms with Crippen LogP contribution in [-0.2, 0) is 11.3 Å². The van der Waals surface area contributed by atoms with E-state index in [1.807, 2.05) is 18.2 Å². The van der Waals surface area contributed by atoms with Crippen LogP contribution in [0.1, 0.15) is 20.8 Å². The van der Waals surface area contributed by atoms with Gasteiger partial charge in [-0.25, -0.2) is 9.48 Å². The molecule has 1 saturated heterocycles. The molecule has 0 radical (unpaired) electrons. The molecular formula is C16H17N5O4. The first-order chi connectivity index (χ1) is 12.0. The summed E-state index contributed by atoms with van der Waals surface area (Å²) in [5.41, 5.74) is 0.428. The third-order valence-corrected chi connectivity index (χ3v) is 4.00. The second kappa shape index (κ2) is 7.12. The molecule has 2 heterocycles. The van der Waals surface area contributed by atoms with E-state index < -0.39 is 5.97 Å². The lowest BCUT2D eigenvalue weighted by atomic mass is 10.2. The summed E-state index contributed by atoms with van der Waals surface area (Å²) in [6.45, 7) is 1.69. The summed E-state index contributed by atoms with van der Waals surface area (Å²) in [6.07, 6.45) is 1.22. The van der Waals surface area contributed by atoms with Crippen molar-refractivity contribution >= 4 is 17.8 Å². The number of aromatic carboxylic acids is 1. The van der Waals surface area contributed by atoms with Gasteiger partial charge in [0.15, 0.2) is 5.69 Å². The Hall–Kier alpha value is -3.23. The number of benzene rings is 1. The van der Waals surface area contributed by atoms with Crippen molar-refractivity contribution in [2.75, 3.05) is 26.2 Å². The molecule has 0 spiro atoms. The molecule has 25 heavy (non-hydrogen) atoms. The first-order valence-corrected chi connectivity index (χ1v) is 7.80. The fraction of sp³-hybridized carbons (Fsp3) is 0.312. The molecule has 0 atom stereocenters. The van der Waals surface area contributed by atoms with Gasteiger partial charge in [-0.2, -0.15) is 0 Å². The topological polar surface area (TPSA) is 109 Å². The summed E-state index contributed by atoms with van der Waals surface area (Å²) < 4.78 is 1.20. The van der Waals surface area contributed by atoms with E-state index in [0.717, 1.165) is 0 Å². The number of carbonyl (C=O) groups excluding carboxylic acids is 2. The maximum atomic E-state index is 12.4. The molecule has 1 aliphatic rings. The Bertz CT molecular complexity index is 781. The van der Waals surface area contributed by atoms with Crippen molar-refractivity contribution < 1.29 is 19.5 Å². The van der Waals surface area contributed by atoms with Gasteiger partial charge >= 0.3 is 5.97 Å². The Balaban J connectivity index is 1.53. The molecule has 1 aromatic carbocycles. The second-order valence-electron chi connectivity index (χ2n) is 5.65. The molecule has 9 nitrogen and oxygen atoms in total. The lowest BCUT2D eigenvalue weighted by Crippen LogP contribution is -2.51. The molecule has 3 rings (SSSR count). The first kappa shape index (κ1) is 16.6. The smallest absolute Gasteiger partial charge is 0.358 e. The van der Waals surface area contributed by atoms with Crippen LogP contribution in [-0.4, -0.2) is 73.9 Å². The number of piperazine rings is 1. The minimum atomic E-state index is -1.19. The quantitative estimate of drug-likeness (QED) is 0.834. The van der Waals surface area contributed by atoms with Crippen LogP contribution in [0.3, 0.4) is 0 Å². The zero-order valence-corrected chi connectivity index (χ0v) is 13.4. The minimum Gasteiger partial charge on any atom is -0.476 e. The van der Waals surface area contributed by atoms with Crippen LogP contribution < -0.4 is 0 Å². The highest BCUT2D eigenvalue weighted by Crippen LogP contribution is 2.09. The molecule has 0 saturated carbocycles. The van der Waals surface area contributed by atoms with Crippen LogP contribution in [0.4, 0.5) is 0 Å². The molecule has 0 unspecified atom stereocenters. The van der Waals surface area contributed by atoms with E-state index in [9.17, 15) is 14.4 Å². The average molecular weight is 343 g/mol. The van der Waals surface area contributed by atoms with Crippen molar-refractivity contribution in [2.24, 2.45) is 0 Å². The monoisotopic (exact) mass is 343 g/mol. The summed E-state index contributed by atoms with van der Waals surface area (Å²) in [5.74, 6) is -1.42. The molecule has 0 bridgehead atoms. The molecule has 1 aliphatic heterocycles. The highest BCUT2D eigenvalue weighted by molar-refractivity contribution is 5.94. The van der Waals surface area contributed by atoms with E-state index in [0.29, 0.717) is 31.7 Å². The Labute approximate surface area is 143 Å². The van der Waals surface area contributed by atoms with E-state index in [1.165, 1.54) is 10.9 Å². The SMILES string of the molecule is O=C(O)c1cn(CC(=O)N2CCN(C(=O)c3ccccc3)CC2)nn1. The van der Waals surface area contributed by atoms with E-state index in [2.05, 4.69) is 10.3 Å². The summed E-state index contributed by atoms with van der Waals surface area (Å²) in [6, 6.07) is 9.02. The first-order valence-electron chi connectivity index (χ1n) is 7.80. The molecule has 1 aromatic heterocycles. The summed E-state index contributed by atoms with van der Waals surface area (Å²) in [4.78, 5) is 38.8. The van der Waals surface area contributed by atoms with Crippen molar-refractivity contribution in [2.45, 2.75) is 6.54 Å². The van der Waals surface area contributed by atoms with Crippen LogP contribution in [0.15, 0.2) is 36.5 Å². The van der Waals surface area contributed by atoms with Gasteiger partial charge in [0.05, 0.1) is 6.20 Å². The van der Waals surface area contributed by atoms with Crippen molar-refractivity contribution in [1.29, 1.82) is 0 Å². The van der Waals surface area contributed by atoms with Gasteiger partial charge in [-0.3, -0.25) is 9.59 Å². The Morgan fingerprint density at radius 1 is 1.00 bits per heavy atom. The van der Waals surface area contributed by atoms with E-state index in [4.69, 9.17) is 5.11 Å². The molecule has 1 fully saturated rings. The van der Waals surface area contributed by atoms with Crippen molar-refractivity contribution in [3.8, 4) is 0 Å². The summed E-state index contributed by atoms with van der Waals surface area (Å²) >= 11 is 0. The van der Waals surface area contributed by atoms with Gasteiger partial charge in [-0.1, -0.05) is 23.4 Å². The summed E-state index contributed by atoms with van der Waals surface area (Å²) in [5, 5.41) is 15.9. The molecular weight excluding hydrogens is 326 g/mol. The minimum absolute atomic E-state index is 0.0462. The van der Waals surface area contributed by atoms with Crippen molar-refractivity contribution in [1.82, 2.24) is 24.8 Å². The molecule has 1 N–H and O–H groups in total. The number of carboxylic acid groups (broad SMARTS) is 1. The highest BCUT2D eigenvalue weighted by Gasteiger charge is 2.25. The van der Waals surface area contributed by atoms with Gasteiger partial charge in [0.25, 0.3) is 5.91 Å². The normalized spacial score (nSPS) is 14.4. The van der Waals surface area contributed by atoms with Crippen LogP contribution in [0, 0.1) is 0 Å². The average Bonchev–Trinajstić information content (AvgIpc) is 3.11. The van der Waals surface area contributed by atoms with Crippen LogP contribution >= 0.6 is 0 Å². The number of hydrogen-bond donors (Lipinski definition) is 1. The van der Waals surface area contributed by atoms with Crippen LogP contribution in [0.2, 0.25) is 0 Å². The van der Waals surface area contributed by atoms with Gasteiger partial charge in [0, 0.05) is 31.7 Å². The van der Waals surface area contributed by atoms with E-state index in [-0.39, 0.29) is 24.1 Å². The molecule has 0 aliphatic carbocycles. The molecule has 130 valence electrons. The van der Waals surface area contributed by atoms with Crippen molar-refractivity contribution in [3.05, 3.63) is 47.8 Å². The summed E-state index contributed by atoms with van der Waals surface area (Å²) in [7, 11) is 0. The third-order valence-electron chi connectivity index (χ3n) is 4.00. The van der Waals surface area contributed by atoms with Gasteiger partial charge in [0.1, 0.15) is 6.54 Å². The predicted molar refractivity (Wildman–Crippen MR) is 85.9 cm³/mol. The Morgan fingerprint density at radius 2 is 1.64 bits per heavy atom. The van der Waals surface area contributed by atoms with E-state index >= 15 is 0 Å². The van der Waals surface area contributed by atoms with Gasteiger partial charge < -0.3 is 14.9 Å². The number of hydrogen-bond acceptors (Lipinski definition) is 5. The Kier molecular flexibility index (Phi) is 4.73. The lowest BCUT2D eigenvalue weighted by Gasteiger charge is -2.34. The molecule has 9 heteroatoms. The van der Waals surface area contributed by atoms with Crippen LogP contribution in [0.5, 0.6) is 0 Å². The zero-order valence-electron chi connectivity index (χ0n) is 13.4. The Morgan fingerprint density at radius 3 is 2.24 bits per heavy atom. The fourth-order valence-electron chi connectivity index (χ4n) is 2.63.